The van der Waals surface area contributed by atoms with Gasteiger partial charge in [0.1, 0.15) is 18.9 Å². The zero-order valence-electron chi connectivity index (χ0n) is 20.7. The number of hydrogen-bond acceptors (Lipinski definition) is 7. The van der Waals surface area contributed by atoms with E-state index in [0.29, 0.717) is 46.2 Å². The standard InChI is InChI=1S/C28H25BrN2O6S/c1-3-36-21-11-9-20(10-12-21)30-25(32)16-31-27(33)24(38-28(31)34)15-19-13-22(29)26(23(14-19)35-2)37-17-18-7-5-4-6-8-18/h4-15H,3,16-17H2,1-2H3,(H,30,32)/b24-15+. The Hall–Kier alpha value is -3.76. The first-order valence-electron chi connectivity index (χ1n) is 11.7. The molecule has 0 bridgehead atoms. The van der Waals surface area contributed by atoms with Crippen molar-refractivity contribution in [1.29, 1.82) is 0 Å². The summed E-state index contributed by atoms with van der Waals surface area (Å²) in [5, 5.41) is 2.17. The molecular formula is C28H25BrN2O6S. The Balaban J connectivity index is 1.43. The molecule has 3 amide bonds. The van der Waals surface area contributed by atoms with Crippen molar-refractivity contribution < 1.29 is 28.6 Å². The number of methoxy groups -OCH3 is 1. The molecular weight excluding hydrogens is 572 g/mol. The molecule has 0 aliphatic carbocycles. The Labute approximate surface area is 233 Å². The number of thioether (sulfide) groups is 1. The summed E-state index contributed by atoms with van der Waals surface area (Å²) in [7, 11) is 1.53. The van der Waals surface area contributed by atoms with E-state index >= 15 is 0 Å². The van der Waals surface area contributed by atoms with E-state index in [-0.39, 0.29) is 4.91 Å². The number of halogens is 1. The number of nitrogens with zero attached hydrogens (tertiary/aromatic N) is 1. The molecule has 10 heteroatoms. The third kappa shape index (κ3) is 6.76. The number of anilines is 1. The fourth-order valence-corrected chi connectivity index (χ4v) is 5.04. The Kier molecular flexibility index (Phi) is 9.09. The molecule has 0 unspecified atom stereocenters. The lowest BCUT2D eigenvalue weighted by Gasteiger charge is -2.14. The lowest BCUT2D eigenvalue weighted by Crippen LogP contribution is -2.36. The molecule has 0 saturated carbocycles. The van der Waals surface area contributed by atoms with Crippen LogP contribution in [0.15, 0.2) is 76.1 Å². The number of benzene rings is 3. The lowest BCUT2D eigenvalue weighted by molar-refractivity contribution is -0.127. The molecule has 0 atom stereocenters. The van der Waals surface area contributed by atoms with Gasteiger partial charge in [0.05, 0.1) is 23.1 Å². The molecule has 8 nitrogen and oxygen atoms in total. The van der Waals surface area contributed by atoms with Gasteiger partial charge in [-0.15, -0.1) is 0 Å². The van der Waals surface area contributed by atoms with Crippen molar-refractivity contribution in [1.82, 2.24) is 4.90 Å². The minimum Gasteiger partial charge on any atom is -0.494 e. The maximum absolute atomic E-state index is 12.9. The van der Waals surface area contributed by atoms with Crippen LogP contribution in [0.4, 0.5) is 10.5 Å². The zero-order valence-corrected chi connectivity index (χ0v) is 23.1. The molecule has 0 spiro atoms. The topological polar surface area (TPSA) is 94.2 Å². The summed E-state index contributed by atoms with van der Waals surface area (Å²) in [6.45, 7) is 2.38. The van der Waals surface area contributed by atoms with Crippen LogP contribution < -0.4 is 19.5 Å². The molecule has 1 heterocycles. The van der Waals surface area contributed by atoms with Gasteiger partial charge in [-0.25, -0.2) is 0 Å². The SMILES string of the molecule is CCOc1ccc(NC(=O)CN2C(=O)S/C(=C/c3cc(Br)c(OCc4ccccc4)c(OC)c3)C2=O)cc1. The molecule has 1 aliphatic heterocycles. The van der Waals surface area contributed by atoms with Crippen molar-refractivity contribution in [2.75, 3.05) is 25.6 Å². The van der Waals surface area contributed by atoms with Crippen molar-refractivity contribution in [3.05, 3.63) is 87.2 Å². The van der Waals surface area contributed by atoms with Gasteiger partial charge in [0, 0.05) is 5.69 Å². The number of imide groups is 1. The van der Waals surface area contributed by atoms with Gasteiger partial charge >= 0.3 is 0 Å². The highest BCUT2D eigenvalue weighted by molar-refractivity contribution is 9.10. The molecule has 1 N–H and O–H groups in total. The highest BCUT2D eigenvalue weighted by atomic mass is 79.9. The minimum absolute atomic E-state index is 0.204. The lowest BCUT2D eigenvalue weighted by atomic mass is 10.1. The Bertz CT molecular complexity index is 1360. The van der Waals surface area contributed by atoms with Crippen LogP contribution in [0.25, 0.3) is 6.08 Å². The van der Waals surface area contributed by atoms with Gasteiger partial charge in [-0.05, 0) is 88.2 Å². The first-order chi connectivity index (χ1) is 18.4. The van der Waals surface area contributed by atoms with E-state index in [2.05, 4.69) is 21.2 Å². The van der Waals surface area contributed by atoms with E-state index in [4.69, 9.17) is 14.2 Å². The number of carbonyl (C=O) groups excluding carboxylic acids is 3. The van der Waals surface area contributed by atoms with E-state index in [1.54, 1.807) is 42.5 Å². The van der Waals surface area contributed by atoms with Crippen molar-refractivity contribution in [3.8, 4) is 17.2 Å². The summed E-state index contributed by atoms with van der Waals surface area (Å²) >= 11 is 4.29. The number of rotatable bonds is 10. The number of nitrogens with one attached hydrogen (secondary N) is 1. The van der Waals surface area contributed by atoms with Crippen molar-refractivity contribution >= 4 is 56.5 Å². The van der Waals surface area contributed by atoms with Crippen LogP contribution >= 0.6 is 27.7 Å². The van der Waals surface area contributed by atoms with E-state index < -0.39 is 23.6 Å². The predicted octanol–water partition coefficient (Wildman–Crippen LogP) is 6.11. The van der Waals surface area contributed by atoms with Crippen LogP contribution in [-0.2, 0) is 16.2 Å². The molecule has 4 rings (SSSR count). The van der Waals surface area contributed by atoms with Gasteiger partial charge in [0.15, 0.2) is 11.5 Å². The second-order valence-corrected chi connectivity index (χ2v) is 9.93. The average molecular weight is 597 g/mol. The monoisotopic (exact) mass is 596 g/mol. The van der Waals surface area contributed by atoms with Gasteiger partial charge < -0.3 is 19.5 Å². The van der Waals surface area contributed by atoms with E-state index in [1.165, 1.54) is 7.11 Å². The highest BCUT2D eigenvalue weighted by Crippen LogP contribution is 2.39. The molecule has 38 heavy (non-hydrogen) atoms. The molecule has 1 aliphatic rings. The summed E-state index contributed by atoms with van der Waals surface area (Å²) in [5.41, 5.74) is 2.17. The maximum Gasteiger partial charge on any atom is 0.294 e. The van der Waals surface area contributed by atoms with Gasteiger partial charge in [-0.3, -0.25) is 19.3 Å². The molecule has 3 aromatic rings. The average Bonchev–Trinajstić information content (AvgIpc) is 3.16. The van der Waals surface area contributed by atoms with Crippen molar-refractivity contribution in [2.24, 2.45) is 0 Å². The van der Waals surface area contributed by atoms with Crippen molar-refractivity contribution in [3.63, 3.8) is 0 Å². The molecule has 0 radical (unpaired) electrons. The smallest absolute Gasteiger partial charge is 0.294 e. The maximum atomic E-state index is 12.9. The third-order valence-corrected chi connectivity index (χ3v) is 6.90. The second kappa shape index (κ2) is 12.7. The largest absolute Gasteiger partial charge is 0.494 e. The van der Waals surface area contributed by atoms with Crippen LogP contribution in [-0.4, -0.2) is 42.2 Å². The molecule has 196 valence electrons. The predicted molar refractivity (Wildman–Crippen MR) is 150 cm³/mol. The van der Waals surface area contributed by atoms with Crippen LogP contribution in [0.5, 0.6) is 17.2 Å². The minimum atomic E-state index is -0.540. The molecule has 3 aromatic carbocycles. The summed E-state index contributed by atoms with van der Waals surface area (Å²) in [4.78, 5) is 39.1. The van der Waals surface area contributed by atoms with Gasteiger partial charge in [-0.2, -0.15) is 0 Å². The normalized spacial score (nSPS) is 14.1. The first kappa shape index (κ1) is 27.3. The highest BCUT2D eigenvalue weighted by Gasteiger charge is 2.36. The van der Waals surface area contributed by atoms with Gasteiger partial charge in [-0.1, -0.05) is 30.3 Å². The summed E-state index contributed by atoms with van der Waals surface area (Å²) < 4.78 is 17.5. The van der Waals surface area contributed by atoms with Crippen LogP contribution in [0.3, 0.4) is 0 Å². The van der Waals surface area contributed by atoms with E-state index in [1.807, 2.05) is 37.3 Å². The van der Waals surface area contributed by atoms with Crippen LogP contribution in [0.2, 0.25) is 0 Å². The Morgan fingerprint density at radius 1 is 1.05 bits per heavy atom. The Morgan fingerprint density at radius 2 is 1.79 bits per heavy atom. The number of carbonyl (C=O) groups is 3. The number of ether oxygens (including phenoxy) is 3. The Morgan fingerprint density at radius 3 is 2.47 bits per heavy atom. The molecule has 0 aromatic heterocycles. The summed E-state index contributed by atoms with van der Waals surface area (Å²) in [5.74, 6) is 0.645. The first-order valence-corrected chi connectivity index (χ1v) is 13.3. The summed E-state index contributed by atoms with van der Waals surface area (Å²) in [6.07, 6.45) is 1.59. The fraction of sp³-hybridized carbons (Fsp3) is 0.179. The van der Waals surface area contributed by atoms with E-state index in [0.717, 1.165) is 22.2 Å². The molecule has 1 fully saturated rings. The summed E-state index contributed by atoms with van der Waals surface area (Å²) in [6, 6.07) is 20.1. The van der Waals surface area contributed by atoms with Gasteiger partial charge in [0.2, 0.25) is 5.91 Å². The van der Waals surface area contributed by atoms with E-state index in [9.17, 15) is 14.4 Å². The van der Waals surface area contributed by atoms with Crippen LogP contribution in [0, 0.1) is 0 Å². The number of hydrogen-bond donors (Lipinski definition) is 1. The second-order valence-electron chi connectivity index (χ2n) is 8.08. The quantitative estimate of drug-likeness (QED) is 0.282. The fourth-order valence-electron chi connectivity index (χ4n) is 3.63. The van der Waals surface area contributed by atoms with Crippen molar-refractivity contribution in [2.45, 2.75) is 13.5 Å². The number of amides is 3. The van der Waals surface area contributed by atoms with Gasteiger partial charge in [0.25, 0.3) is 11.1 Å². The third-order valence-electron chi connectivity index (χ3n) is 5.40. The van der Waals surface area contributed by atoms with Crippen LogP contribution in [0.1, 0.15) is 18.1 Å². The molecule has 1 saturated heterocycles. The zero-order chi connectivity index (χ0) is 27.1.